The highest BCUT2D eigenvalue weighted by Crippen LogP contribution is 2.30. The van der Waals surface area contributed by atoms with Gasteiger partial charge >= 0.3 is 0 Å². The minimum absolute atomic E-state index is 0.327. The number of benzene rings is 1. The van der Waals surface area contributed by atoms with Gasteiger partial charge in [0.25, 0.3) is 5.89 Å². The second-order valence-electron chi connectivity index (χ2n) is 5.02. The molecule has 0 aliphatic heterocycles. The average molecular weight is 375 g/mol. The standard InChI is InChI=1S/C14H17BrClN3O2/c1-3-6-20-8-14(2,17)13-18-12(21-19-13)10-5-4-9(15)7-11(10)16/h4-5,7H,3,6,8,17H2,1-2H3. The first-order valence-electron chi connectivity index (χ1n) is 6.60. The molecular weight excluding hydrogens is 358 g/mol. The van der Waals surface area contributed by atoms with Crippen LogP contribution < -0.4 is 5.73 Å². The SMILES string of the molecule is CCCOCC(C)(N)c1noc(-c2ccc(Br)cc2Cl)n1. The number of nitrogens with zero attached hydrogens (tertiary/aromatic N) is 2. The van der Waals surface area contributed by atoms with E-state index in [0.29, 0.717) is 35.5 Å². The van der Waals surface area contributed by atoms with Crippen LogP contribution in [0.4, 0.5) is 0 Å². The quantitative estimate of drug-likeness (QED) is 0.779. The van der Waals surface area contributed by atoms with Crippen molar-refractivity contribution in [1.82, 2.24) is 10.1 Å². The molecule has 114 valence electrons. The number of ether oxygens (including phenoxy) is 1. The molecule has 21 heavy (non-hydrogen) atoms. The summed E-state index contributed by atoms with van der Waals surface area (Å²) in [6, 6.07) is 5.44. The van der Waals surface area contributed by atoms with E-state index in [0.717, 1.165) is 10.9 Å². The summed E-state index contributed by atoms with van der Waals surface area (Å²) in [5.74, 6) is 0.738. The van der Waals surface area contributed by atoms with Crippen molar-refractivity contribution in [3.63, 3.8) is 0 Å². The van der Waals surface area contributed by atoms with Gasteiger partial charge in [0.2, 0.25) is 0 Å². The molecule has 2 rings (SSSR count). The summed E-state index contributed by atoms with van der Waals surface area (Å²) in [7, 11) is 0. The highest BCUT2D eigenvalue weighted by Gasteiger charge is 2.28. The lowest BCUT2D eigenvalue weighted by Gasteiger charge is -2.19. The predicted molar refractivity (Wildman–Crippen MR) is 85.1 cm³/mol. The smallest absolute Gasteiger partial charge is 0.259 e. The molecule has 0 amide bonds. The van der Waals surface area contributed by atoms with Gasteiger partial charge in [-0.3, -0.25) is 0 Å². The monoisotopic (exact) mass is 373 g/mol. The van der Waals surface area contributed by atoms with E-state index < -0.39 is 5.54 Å². The Kier molecular flexibility index (Phi) is 5.37. The molecule has 2 aromatic rings. The summed E-state index contributed by atoms with van der Waals surface area (Å²) in [4.78, 5) is 4.34. The van der Waals surface area contributed by atoms with E-state index >= 15 is 0 Å². The van der Waals surface area contributed by atoms with Gasteiger partial charge in [-0.05, 0) is 31.5 Å². The molecule has 0 aliphatic rings. The van der Waals surface area contributed by atoms with E-state index in [9.17, 15) is 0 Å². The molecule has 1 atom stereocenters. The third kappa shape index (κ3) is 4.03. The number of nitrogens with two attached hydrogens (primary N) is 1. The fourth-order valence-electron chi connectivity index (χ4n) is 1.72. The molecule has 1 aromatic carbocycles. The number of halogens is 2. The Morgan fingerprint density at radius 1 is 1.48 bits per heavy atom. The summed E-state index contributed by atoms with van der Waals surface area (Å²) >= 11 is 9.53. The van der Waals surface area contributed by atoms with Gasteiger partial charge in [0.1, 0.15) is 5.54 Å². The Hall–Kier alpha value is -0.950. The fraction of sp³-hybridized carbons (Fsp3) is 0.429. The molecule has 0 saturated heterocycles. The zero-order chi connectivity index (χ0) is 15.5. The average Bonchev–Trinajstić information content (AvgIpc) is 2.89. The van der Waals surface area contributed by atoms with E-state index in [4.69, 9.17) is 26.6 Å². The van der Waals surface area contributed by atoms with E-state index in [1.54, 1.807) is 13.0 Å². The van der Waals surface area contributed by atoms with Gasteiger partial charge in [-0.15, -0.1) is 0 Å². The van der Waals surface area contributed by atoms with Gasteiger partial charge in [0.05, 0.1) is 17.2 Å². The van der Waals surface area contributed by atoms with Gasteiger partial charge in [0, 0.05) is 11.1 Å². The molecule has 1 heterocycles. The third-order valence-corrected chi connectivity index (χ3v) is 3.65. The molecule has 0 saturated carbocycles. The van der Waals surface area contributed by atoms with Crippen molar-refractivity contribution in [2.45, 2.75) is 25.8 Å². The number of rotatable bonds is 6. The van der Waals surface area contributed by atoms with E-state index in [2.05, 4.69) is 26.1 Å². The summed E-state index contributed by atoms with van der Waals surface area (Å²) in [5, 5.41) is 4.47. The number of aromatic nitrogens is 2. The zero-order valence-corrected chi connectivity index (χ0v) is 14.2. The molecular formula is C14H17BrClN3O2. The molecule has 1 unspecified atom stereocenters. The van der Waals surface area contributed by atoms with Gasteiger partial charge in [-0.2, -0.15) is 4.98 Å². The topological polar surface area (TPSA) is 74.2 Å². The molecule has 0 spiro atoms. The lowest BCUT2D eigenvalue weighted by molar-refractivity contribution is 0.0867. The van der Waals surface area contributed by atoms with E-state index in [1.165, 1.54) is 0 Å². The molecule has 0 aliphatic carbocycles. The minimum Gasteiger partial charge on any atom is -0.379 e. The van der Waals surface area contributed by atoms with Crippen molar-refractivity contribution < 1.29 is 9.26 Å². The maximum absolute atomic E-state index is 6.18. The van der Waals surface area contributed by atoms with Crippen molar-refractivity contribution in [2.24, 2.45) is 5.73 Å². The Morgan fingerprint density at radius 3 is 2.90 bits per heavy atom. The number of hydrogen-bond acceptors (Lipinski definition) is 5. The van der Waals surface area contributed by atoms with Crippen LogP contribution in [0.5, 0.6) is 0 Å². The van der Waals surface area contributed by atoms with E-state index in [-0.39, 0.29) is 0 Å². The predicted octanol–water partition coefficient (Wildman–Crippen LogP) is 3.75. The molecule has 1 aromatic heterocycles. The van der Waals surface area contributed by atoms with Gasteiger partial charge in [-0.25, -0.2) is 0 Å². The van der Waals surface area contributed by atoms with Crippen LogP contribution in [0.15, 0.2) is 27.2 Å². The summed E-state index contributed by atoms with van der Waals surface area (Å²) in [6.07, 6.45) is 0.933. The summed E-state index contributed by atoms with van der Waals surface area (Å²) in [5.41, 5.74) is 6.05. The first-order valence-corrected chi connectivity index (χ1v) is 7.77. The summed E-state index contributed by atoms with van der Waals surface area (Å²) in [6.45, 7) is 4.82. The first kappa shape index (κ1) is 16.4. The Labute approximate surface area is 136 Å². The molecule has 5 nitrogen and oxygen atoms in total. The van der Waals surface area contributed by atoms with Crippen LogP contribution in [0.1, 0.15) is 26.1 Å². The van der Waals surface area contributed by atoms with Crippen molar-refractivity contribution >= 4 is 27.5 Å². The second kappa shape index (κ2) is 6.87. The van der Waals surface area contributed by atoms with Crippen LogP contribution in [0.2, 0.25) is 5.02 Å². The highest BCUT2D eigenvalue weighted by molar-refractivity contribution is 9.10. The van der Waals surface area contributed by atoms with Crippen molar-refractivity contribution in [1.29, 1.82) is 0 Å². The van der Waals surface area contributed by atoms with E-state index in [1.807, 2.05) is 19.1 Å². The lowest BCUT2D eigenvalue weighted by Crippen LogP contribution is -2.39. The molecule has 7 heteroatoms. The minimum atomic E-state index is -0.807. The maximum Gasteiger partial charge on any atom is 0.259 e. The Balaban J connectivity index is 2.21. The normalized spacial score (nSPS) is 14.1. The van der Waals surface area contributed by atoms with Crippen LogP contribution >= 0.6 is 27.5 Å². The first-order chi connectivity index (χ1) is 9.94. The van der Waals surface area contributed by atoms with Gasteiger partial charge in [-0.1, -0.05) is 39.6 Å². The molecule has 2 N–H and O–H groups in total. The van der Waals surface area contributed by atoms with Gasteiger partial charge < -0.3 is 15.0 Å². The lowest BCUT2D eigenvalue weighted by atomic mass is 10.1. The Bertz CT molecular complexity index is 616. The van der Waals surface area contributed by atoms with Gasteiger partial charge in [0.15, 0.2) is 5.82 Å². The van der Waals surface area contributed by atoms with Crippen molar-refractivity contribution in [3.05, 3.63) is 33.5 Å². The van der Waals surface area contributed by atoms with Crippen molar-refractivity contribution in [3.8, 4) is 11.5 Å². The highest BCUT2D eigenvalue weighted by atomic mass is 79.9. The molecule has 0 bridgehead atoms. The maximum atomic E-state index is 6.18. The molecule has 0 fully saturated rings. The summed E-state index contributed by atoms with van der Waals surface area (Å²) < 4.78 is 11.6. The van der Waals surface area contributed by atoms with Crippen LogP contribution in [0.25, 0.3) is 11.5 Å². The van der Waals surface area contributed by atoms with Crippen LogP contribution in [0, 0.1) is 0 Å². The number of hydrogen-bond donors (Lipinski definition) is 1. The van der Waals surface area contributed by atoms with Crippen LogP contribution in [0.3, 0.4) is 0 Å². The van der Waals surface area contributed by atoms with Crippen LogP contribution in [-0.4, -0.2) is 23.4 Å². The second-order valence-corrected chi connectivity index (χ2v) is 6.34. The Morgan fingerprint density at radius 2 is 2.24 bits per heavy atom. The third-order valence-electron chi connectivity index (χ3n) is 2.85. The molecule has 0 radical (unpaired) electrons. The largest absolute Gasteiger partial charge is 0.379 e. The zero-order valence-electron chi connectivity index (χ0n) is 11.9. The fourth-order valence-corrected chi connectivity index (χ4v) is 2.48. The van der Waals surface area contributed by atoms with Crippen LogP contribution in [-0.2, 0) is 10.3 Å². The van der Waals surface area contributed by atoms with Crippen molar-refractivity contribution in [2.75, 3.05) is 13.2 Å².